The van der Waals surface area contributed by atoms with E-state index in [1.807, 2.05) is 0 Å². The molecule has 0 amide bonds. The third kappa shape index (κ3) is 2.98. The van der Waals surface area contributed by atoms with E-state index in [2.05, 4.69) is 14.6 Å². The van der Waals surface area contributed by atoms with Crippen molar-refractivity contribution in [1.29, 1.82) is 0 Å². The summed E-state index contributed by atoms with van der Waals surface area (Å²) in [5.74, 6) is 1.74. The summed E-state index contributed by atoms with van der Waals surface area (Å²) >= 11 is 0. The predicted molar refractivity (Wildman–Crippen MR) is 72.5 cm³/mol. The molecule has 1 fully saturated rings. The molecule has 1 aliphatic heterocycles. The van der Waals surface area contributed by atoms with Gasteiger partial charge in [0.15, 0.2) is 0 Å². The zero-order chi connectivity index (χ0) is 13.5. The third-order valence-corrected chi connectivity index (χ3v) is 4.39. The van der Waals surface area contributed by atoms with Gasteiger partial charge >= 0.3 is 0 Å². The van der Waals surface area contributed by atoms with Gasteiger partial charge in [-0.15, -0.1) is 0 Å². The quantitative estimate of drug-likeness (QED) is 0.795. The highest BCUT2D eigenvalue weighted by atomic mass is 32.2. The molecule has 106 valence electrons. The molecule has 1 aromatic rings. The van der Waals surface area contributed by atoms with E-state index >= 15 is 0 Å². The van der Waals surface area contributed by atoms with Crippen molar-refractivity contribution in [2.24, 2.45) is 0 Å². The number of fused-ring (bicyclic) bond motifs is 1. The fourth-order valence-corrected chi connectivity index (χ4v) is 3.10. The van der Waals surface area contributed by atoms with E-state index in [0.717, 1.165) is 31.0 Å². The van der Waals surface area contributed by atoms with Crippen LogP contribution in [0.25, 0.3) is 0 Å². The number of rotatable bonds is 5. The topological polar surface area (TPSA) is 76.0 Å². The fraction of sp³-hybridized carbons (Fsp3) is 0.750. The molecular weight excluding hydrogens is 264 g/mol. The molecule has 2 aliphatic rings. The monoisotopic (exact) mass is 284 g/mol. The number of imidazole rings is 1. The Kier molecular flexibility index (Phi) is 3.36. The van der Waals surface area contributed by atoms with Gasteiger partial charge in [-0.2, -0.15) is 0 Å². The Morgan fingerprint density at radius 1 is 1.47 bits per heavy atom. The predicted octanol–water partition coefficient (Wildman–Crippen LogP) is -0.0446. The molecule has 0 saturated heterocycles. The first-order valence-electron chi connectivity index (χ1n) is 6.78. The SMILES string of the molecule is CS(=O)(=O)NCCn1c(C2CC2)nc2c1CCNC2. The van der Waals surface area contributed by atoms with Crippen LogP contribution < -0.4 is 10.0 Å². The number of nitrogens with one attached hydrogen (secondary N) is 2. The minimum absolute atomic E-state index is 0.439. The van der Waals surface area contributed by atoms with Crippen molar-refractivity contribution in [3.63, 3.8) is 0 Å². The first kappa shape index (κ1) is 13.1. The summed E-state index contributed by atoms with van der Waals surface area (Å²) in [4.78, 5) is 4.75. The molecule has 0 aromatic carbocycles. The second-order valence-electron chi connectivity index (χ2n) is 5.38. The molecule has 19 heavy (non-hydrogen) atoms. The number of nitrogens with zero attached hydrogens (tertiary/aromatic N) is 2. The largest absolute Gasteiger partial charge is 0.330 e. The summed E-state index contributed by atoms with van der Waals surface area (Å²) in [6.07, 6.45) is 4.60. The molecule has 0 radical (unpaired) electrons. The van der Waals surface area contributed by atoms with Gasteiger partial charge in [0.05, 0.1) is 11.9 Å². The van der Waals surface area contributed by atoms with Crippen LogP contribution in [-0.4, -0.2) is 37.3 Å². The molecule has 0 atom stereocenters. The maximum atomic E-state index is 11.1. The standard InChI is InChI=1S/C12H20N4O2S/c1-19(17,18)14-6-7-16-11-4-5-13-8-10(11)15-12(16)9-2-3-9/h9,13-14H,2-8H2,1H3. The first-order chi connectivity index (χ1) is 9.04. The van der Waals surface area contributed by atoms with Gasteiger partial charge in [-0.3, -0.25) is 0 Å². The number of aromatic nitrogens is 2. The van der Waals surface area contributed by atoms with Crippen LogP contribution in [0, 0.1) is 0 Å². The van der Waals surface area contributed by atoms with Crippen LogP contribution in [0.15, 0.2) is 0 Å². The number of hydrogen-bond donors (Lipinski definition) is 2. The molecule has 0 spiro atoms. The van der Waals surface area contributed by atoms with Gasteiger partial charge in [-0.25, -0.2) is 18.1 Å². The highest BCUT2D eigenvalue weighted by Gasteiger charge is 2.31. The Morgan fingerprint density at radius 2 is 2.26 bits per heavy atom. The molecular formula is C12H20N4O2S. The Morgan fingerprint density at radius 3 is 2.95 bits per heavy atom. The normalized spacial score (nSPS) is 19.4. The lowest BCUT2D eigenvalue weighted by atomic mass is 10.2. The summed E-state index contributed by atoms with van der Waals surface area (Å²) in [6.45, 7) is 2.93. The summed E-state index contributed by atoms with van der Waals surface area (Å²) in [7, 11) is -3.11. The van der Waals surface area contributed by atoms with Crippen molar-refractivity contribution in [1.82, 2.24) is 19.6 Å². The lowest BCUT2D eigenvalue weighted by Crippen LogP contribution is -2.29. The second kappa shape index (κ2) is 4.88. The molecule has 1 aromatic heterocycles. The Bertz CT molecular complexity index is 575. The summed E-state index contributed by atoms with van der Waals surface area (Å²) in [5, 5.41) is 3.33. The highest BCUT2D eigenvalue weighted by Crippen LogP contribution is 2.40. The van der Waals surface area contributed by atoms with E-state index in [1.54, 1.807) is 0 Å². The summed E-state index contributed by atoms with van der Waals surface area (Å²) in [6, 6.07) is 0. The first-order valence-corrected chi connectivity index (χ1v) is 8.67. The van der Waals surface area contributed by atoms with Gasteiger partial charge in [0.25, 0.3) is 0 Å². The van der Waals surface area contributed by atoms with Crippen LogP contribution in [0.4, 0.5) is 0 Å². The Balaban J connectivity index is 1.80. The van der Waals surface area contributed by atoms with Gasteiger partial charge < -0.3 is 9.88 Å². The third-order valence-electron chi connectivity index (χ3n) is 3.66. The van der Waals surface area contributed by atoms with Gasteiger partial charge in [0.1, 0.15) is 5.82 Å². The van der Waals surface area contributed by atoms with Crippen molar-refractivity contribution in [2.75, 3.05) is 19.3 Å². The van der Waals surface area contributed by atoms with Crippen LogP contribution >= 0.6 is 0 Å². The minimum atomic E-state index is -3.11. The smallest absolute Gasteiger partial charge is 0.208 e. The average molecular weight is 284 g/mol. The van der Waals surface area contributed by atoms with E-state index in [-0.39, 0.29) is 0 Å². The van der Waals surface area contributed by atoms with Gasteiger partial charge in [0.2, 0.25) is 10.0 Å². The maximum Gasteiger partial charge on any atom is 0.208 e. The molecule has 3 rings (SSSR count). The average Bonchev–Trinajstić information content (AvgIpc) is 3.12. The van der Waals surface area contributed by atoms with Crippen LogP contribution in [0.3, 0.4) is 0 Å². The van der Waals surface area contributed by atoms with E-state index in [1.165, 1.54) is 24.8 Å². The second-order valence-corrected chi connectivity index (χ2v) is 7.22. The highest BCUT2D eigenvalue weighted by molar-refractivity contribution is 7.88. The van der Waals surface area contributed by atoms with E-state index in [9.17, 15) is 8.42 Å². The fourth-order valence-electron chi connectivity index (χ4n) is 2.64. The van der Waals surface area contributed by atoms with Gasteiger partial charge in [-0.1, -0.05) is 0 Å². The molecule has 1 saturated carbocycles. The van der Waals surface area contributed by atoms with Gasteiger partial charge in [-0.05, 0) is 12.8 Å². The molecule has 7 heteroatoms. The van der Waals surface area contributed by atoms with E-state index in [0.29, 0.717) is 19.0 Å². The molecule has 0 bridgehead atoms. The molecule has 1 aliphatic carbocycles. The zero-order valence-electron chi connectivity index (χ0n) is 11.1. The van der Waals surface area contributed by atoms with Crippen LogP contribution in [-0.2, 0) is 29.5 Å². The van der Waals surface area contributed by atoms with Crippen molar-refractivity contribution >= 4 is 10.0 Å². The lowest BCUT2D eigenvalue weighted by Gasteiger charge is -2.16. The summed E-state index contributed by atoms with van der Waals surface area (Å²) in [5.41, 5.74) is 2.43. The van der Waals surface area contributed by atoms with Crippen LogP contribution in [0.5, 0.6) is 0 Å². The Labute approximate surface area is 113 Å². The van der Waals surface area contributed by atoms with E-state index in [4.69, 9.17) is 4.98 Å². The molecule has 0 unspecified atom stereocenters. The zero-order valence-corrected chi connectivity index (χ0v) is 12.0. The molecule has 2 N–H and O–H groups in total. The van der Waals surface area contributed by atoms with Crippen LogP contribution in [0.1, 0.15) is 36.0 Å². The molecule has 2 heterocycles. The Hall–Kier alpha value is -0.920. The number of hydrogen-bond acceptors (Lipinski definition) is 4. The van der Waals surface area contributed by atoms with Crippen molar-refractivity contribution < 1.29 is 8.42 Å². The van der Waals surface area contributed by atoms with Crippen LogP contribution in [0.2, 0.25) is 0 Å². The van der Waals surface area contributed by atoms with Crippen molar-refractivity contribution in [3.05, 3.63) is 17.2 Å². The van der Waals surface area contributed by atoms with E-state index < -0.39 is 10.0 Å². The van der Waals surface area contributed by atoms with Crippen molar-refractivity contribution in [3.8, 4) is 0 Å². The lowest BCUT2D eigenvalue weighted by molar-refractivity contribution is 0.557. The number of sulfonamides is 1. The summed E-state index contributed by atoms with van der Waals surface area (Å²) < 4.78 is 27.1. The maximum absolute atomic E-state index is 11.1. The molecule has 6 nitrogen and oxygen atoms in total. The van der Waals surface area contributed by atoms with Gasteiger partial charge in [0, 0.05) is 44.2 Å². The van der Waals surface area contributed by atoms with Crippen molar-refractivity contribution in [2.45, 2.75) is 38.3 Å². The minimum Gasteiger partial charge on any atom is -0.330 e.